The largest absolute Gasteiger partial charge is 0.330 e. The lowest BCUT2D eigenvalue weighted by Crippen LogP contribution is -2.38. The summed E-state index contributed by atoms with van der Waals surface area (Å²) in [4.78, 5) is 0. The predicted molar refractivity (Wildman–Crippen MR) is 53.0 cm³/mol. The molecular formula is C10H22N2. The van der Waals surface area contributed by atoms with Crippen LogP contribution in [-0.4, -0.2) is 19.6 Å². The van der Waals surface area contributed by atoms with Gasteiger partial charge in [-0.15, -0.1) is 0 Å². The van der Waals surface area contributed by atoms with E-state index in [0.717, 1.165) is 24.3 Å². The fraction of sp³-hybridized carbons (Fsp3) is 1.00. The van der Waals surface area contributed by atoms with Crippen LogP contribution in [-0.2, 0) is 0 Å². The Balaban J connectivity index is 2.40. The van der Waals surface area contributed by atoms with Crippen LogP contribution < -0.4 is 11.1 Å². The highest BCUT2D eigenvalue weighted by Crippen LogP contribution is 2.25. The van der Waals surface area contributed by atoms with Crippen LogP contribution in [0.15, 0.2) is 0 Å². The van der Waals surface area contributed by atoms with Gasteiger partial charge in [0, 0.05) is 0 Å². The SMILES string of the molecule is CC(C)C(CN)C1CCCNC1. The number of rotatable bonds is 3. The minimum Gasteiger partial charge on any atom is -0.330 e. The highest BCUT2D eigenvalue weighted by molar-refractivity contribution is 4.78. The Labute approximate surface area is 75.9 Å². The van der Waals surface area contributed by atoms with Crippen LogP contribution in [0.3, 0.4) is 0 Å². The van der Waals surface area contributed by atoms with Gasteiger partial charge in [-0.25, -0.2) is 0 Å². The normalized spacial score (nSPS) is 27.5. The fourth-order valence-electron chi connectivity index (χ4n) is 2.25. The first kappa shape index (κ1) is 10.0. The van der Waals surface area contributed by atoms with E-state index in [-0.39, 0.29) is 0 Å². The van der Waals surface area contributed by atoms with Gasteiger partial charge in [-0.1, -0.05) is 13.8 Å². The van der Waals surface area contributed by atoms with E-state index >= 15 is 0 Å². The van der Waals surface area contributed by atoms with E-state index in [0.29, 0.717) is 0 Å². The Bertz CT molecular complexity index is 117. The van der Waals surface area contributed by atoms with Crippen LogP contribution >= 0.6 is 0 Å². The van der Waals surface area contributed by atoms with E-state index in [1.54, 1.807) is 0 Å². The van der Waals surface area contributed by atoms with Gasteiger partial charge in [0.2, 0.25) is 0 Å². The summed E-state index contributed by atoms with van der Waals surface area (Å²) in [7, 11) is 0. The summed E-state index contributed by atoms with van der Waals surface area (Å²) < 4.78 is 0. The molecule has 2 unspecified atom stereocenters. The van der Waals surface area contributed by atoms with E-state index in [4.69, 9.17) is 5.73 Å². The van der Waals surface area contributed by atoms with E-state index in [1.807, 2.05) is 0 Å². The van der Waals surface area contributed by atoms with Crippen molar-refractivity contribution in [3.05, 3.63) is 0 Å². The molecule has 2 atom stereocenters. The summed E-state index contributed by atoms with van der Waals surface area (Å²) in [5, 5.41) is 3.45. The highest BCUT2D eigenvalue weighted by atomic mass is 14.9. The van der Waals surface area contributed by atoms with Gasteiger partial charge in [0.1, 0.15) is 0 Å². The third-order valence-corrected chi connectivity index (χ3v) is 3.07. The van der Waals surface area contributed by atoms with Crippen molar-refractivity contribution in [2.24, 2.45) is 23.5 Å². The van der Waals surface area contributed by atoms with Crippen LogP contribution in [0, 0.1) is 17.8 Å². The summed E-state index contributed by atoms with van der Waals surface area (Å²) in [6.07, 6.45) is 2.70. The van der Waals surface area contributed by atoms with Gasteiger partial charge in [-0.05, 0) is 50.2 Å². The first-order valence-electron chi connectivity index (χ1n) is 5.16. The molecule has 0 aromatic heterocycles. The number of nitrogens with two attached hydrogens (primary N) is 1. The van der Waals surface area contributed by atoms with Crippen LogP contribution in [0.4, 0.5) is 0 Å². The van der Waals surface area contributed by atoms with E-state index < -0.39 is 0 Å². The Morgan fingerprint density at radius 3 is 2.67 bits per heavy atom. The molecule has 0 amide bonds. The van der Waals surface area contributed by atoms with E-state index in [1.165, 1.54) is 25.9 Å². The van der Waals surface area contributed by atoms with Crippen LogP contribution in [0.5, 0.6) is 0 Å². The van der Waals surface area contributed by atoms with Crippen molar-refractivity contribution < 1.29 is 0 Å². The molecule has 0 aromatic rings. The third kappa shape index (κ3) is 2.46. The molecule has 1 aliphatic heterocycles. The third-order valence-electron chi connectivity index (χ3n) is 3.07. The first-order chi connectivity index (χ1) is 5.75. The zero-order valence-electron chi connectivity index (χ0n) is 8.34. The number of piperidine rings is 1. The average Bonchev–Trinajstić information content (AvgIpc) is 2.07. The topological polar surface area (TPSA) is 38.0 Å². The van der Waals surface area contributed by atoms with Gasteiger partial charge in [0.05, 0.1) is 0 Å². The van der Waals surface area contributed by atoms with Crippen LogP contribution in [0.1, 0.15) is 26.7 Å². The lowest BCUT2D eigenvalue weighted by molar-refractivity contribution is 0.215. The van der Waals surface area contributed by atoms with Crippen molar-refractivity contribution in [2.75, 3.05) is 19.6 Å². The van der Waals surface area contributed by atoms with E-state index in [9.17, 15) is 0 Å². The van der Waals surface area contributed by atoms with Crippen LogP contribution in [0.2, 0.25) is 0 Å². The summed E-state index contributed by atoms with van der Waals surface area (Å²) >= 11 is 0. The Morgan fingerprint density at radius 2 is 2.25 bits per heavy atom. The number of hydrogen-bond acceptors (Lipinski definition) is 2. The lowest BCUT2D eigenvalue weighted by Gasteiger charge is -2.32. The first-order valence-corrected chi connectivity index (χ1v) is 5.16. The molecule has 0 saturated carbocycles. The summed E-state index contributed by atoms with van der Waals surface area (Å²) in [5.41, 5.74) is 5.78. The molecular weight excluding hydrogens is 148 g/mol. The molecule has 0 aliphatic carbocycles. The maximum atomic E-state index is 5.78. The molecule has 1 heterocycles. The molecule has 1 aliphatic rings. The Hall–Kier alpha value is -0.0800. The van der Waals surface area contributed by atoms with Crippen molar-refractivity contribution in [1.82, 2.24) is 5.32 Å². The number of hydrogen-bond donors (Lipinski definition) is 2. The average molecular weight is 170 g/mol. The maximum absolute atomic E-state index is 5.78. The summed E-state index contributed by atoms with van der Waals surface area (Å²) in [6, 6.07) is 0. The Morgan fingerprint density at radius 1 is 1.50 bits per heavy atom. The summed E-state index contributed by atoms with van der Waals surface area (Å²) in [5.74, 6) is 2.28. The molecule has 1 fully saturated rings. The molecule has 0 bridgehead atoms. The molecule has 72 valence electrons. The van der Waals surface area contributed by atoms with E-state index in [2.05, 4.69) is 19.2 Å². The molecule has 12 heavy (non-hydrogen) atoms. The second-order valence-corrected chi connectivity index (χ2v) is 4.25. The smallest absolute Gasteiger partial charge is 0.00173 e. The fourth-order valence-corrected chi connectivity index (χ4v) is 2.25. The van der Waals surface area contributed by atoms with Crippen molar-refractivity contribution >= 4 is 0 Å². The molecule has 1 rings (SSSR count). The monoisotopic (exact) mass is 170 g/mol. The molecule has 2 heteroatoms. The number of nitrogens with one attached hydrogen (secondary N) is 1. The molecule has 0 radical (unpaired) electrons. The zero-order valence-corrected chi connectivity index (χ0v) is 8.34. The quantitative estimate of drug-likeness (QED) is 0.668. The lowest BCUT2D eigenvalue weighted by atomic mass is 9.79. The standard InChI is InChI=1S/C10H22N2/c1-8(2)10(6-11)9-4-3-5-12-7-9/h8-10,12H,3-7,11H2,1-2H3. The second kappa shape index (κ2) is 4.83. The molecule has 1 saturated heterocycles. The maximum Gasteiger partial charge on any atom is -0.00173 e. The van der Waals surface area contributed by atoms with Gasteiger partial charge in [-0.2, -0.15) is 0 Å². The highest BCUT2D eigenvalue weighted by Gasteiger charge is 2.24. The molecule has 2 nitrogen and oxygen atoms in total. The molecule has 0 aromatic carbocycles. The van der Waals surface area contributed by atoms with Crippen LogP contribution in [0.25, 0.3) is 0 Å². The van der Waals surface area contributed by atoms with Crippen molar-refractivity contribution in [3.63, 3.8) is 0 Å². The minimum atomic E-state index is 0.720. The minimum absolute atomic E-state index is 0.720. The van der Waals surface area contributed by atoms with Gasteiger partial charge in [0.25, 0.3) is 0 Å². The van der Waals surface area contributed by atoms with Gasteiger partial charge in [0.15, 0.2) is 0 Å². The van der Waals surface area contributed by atoms with Crippen molar-refractivity contribution in [2.45, 2.75) is 26.7 Å². The van der Waals surface area contributed by atoms with Crippen molar-refractivity contribution in [1.29, 1.82) is 0 Å². The Kier molecular flexibility index (Phi) is 4.02. The van der Waals surface area contributed by atoms with Gasteiger partial charge < -0.3 is 11.1 Å². The van der Waals surface area contributed by atoms with Crippen molar-refractivity contribution in [3.8, 4) is 0 Å². The summed E-state index contributed by atoms with van der Waals surface area (Å²) in [6.45, 7) is 7.80. The zero-order chi connectivity index (χ0) is 8.97. The second-order valence-electron chi connectivity index (χ2n) is 4.25. The van der Waals surface area contributed by atoms with Gasteiger partial charge >= 0.3 is 0 Å². The van der Waals surface area contributed by atoms with Gasteiger partial charge in [-0.3, -0.25) is 0 Å². The molecule has 0 spiro atoms. The predicted octanol–water partition coefficient (Wildman–Crippen LogP) is 1.22. The molecule has 3 N–H and O–H groups in total.